The van der Waals surface area contributed by atoms with Gasteiger partial charge in [0, 0.05) is 18.3 Å². The normalized spacial score (nSPS) is 15.6. The summed E-state index contributed by atoms with van der Waals surface area (Å²) in [5.74, 6) is 0. The van der Waals surface area contributed by atoms with Crippen molar-refractivity contribution in [1.29, 1.82) is 0 Å². The highest BCUT2D eigenvalue weighted by Gasteiger charge is 2.21. The van der Waals surface area contributed by atoms with Crippen LogP contribution in [0.1, 0.15) is 23.9 Å². The van der Waals surface area contributed by atoms with E-state index in [4.69, 9.17) is 10.8 Å². The van der Waals surface area contributed by atoms with Crippen LogP contribution in [-0.4, -0.2) is 27.0 Å². The maximum absolute atomic E-state index is 9.09. The molecule has 0 aliphatic carbocycles. The van der Waals surface area contributed by atoms with Crippen LogP contribution in [0, 0.1) is 13.8 Å². The van der Waals surface area contributed by atoms with Crippen LogP contribution in [0.2, 0.25) is 0 Å². The molecule has 4 heteroatoms. The highest BCUT2D eigenvalue weighted by atomic mass is 16.3. The fourth-order valence-electron chi connectivity index (χ4n) is 1.53. The molecule has 1 heterocycles. The van der Waals surface area contributed by atoms with E-state index in [1.165, 1.54) is 0 Å². The number of aliphatic hydroxyl groups excluding tert-OH is 1. The van der Waals surface area contributed by atoms with Crippen LogP contribution in [0.4, 0.5) is 0 Å². The average molecular weight is 197 g/mol. The van der Waals surface area contributed by atoms with Crippen molar-refractivity contribution in [2.24, 2.45) is 12.8 Å². The van der Waals surface area contributed by atoms with E-state index in [0.29, 0.717) is 6.42 Å². The first-order chi connectivity index (χ1) is 6.37. The smallest absolute Gasteiger partial charge is 0.0629 e. The van der Waals surface area contributed by atoms with Crippen molar-refractivity contribution in [2.45, 2.75) is 32.7 Å². The van der Waals surface area contributed by atoms with Crippen LogP contribution >= 0.6 is 0 Å². The van der Waals surface area contributed by atoms with Crippen LogP contribution in [0.3, 0.4) is 0 Å². The highest BCUT2D eigenvalue weighted by molar-refractivity contribution is 5.26. The molecule has 0 aliphatic heterocycles. The van der Waals surface area contributed by atoms with Gasteiger partial charge in [-0.15, -0.1) is 0 Å². The van der Waals surface area contributed by atoms with Gasteiger partial charge in [-0.2, -0.15) is 5.10 Å². The van der Waals surface area contributed by atoms with Gasteiger partial charge in [-0.3, -0.25) is 4.68 Å². The fourth-order valence-corrected chi connectivity index (χ4v) is 1.53. The Labute approximate surface area is 84.7 Å². The van der Waals surface area contributed by atoms with E-state index in [-0.39, 0.29) is 6.61 Å². The fraction of sp³-hybridized carbons (Fsp3) is 0.700. The number of nitrogens with two attached hydrogens (primary N) is 1. The van der Waals surface area contributed by atoms with Crippen molar-refractivity contribution in [3.8, 4) is 0 Å². The van der Waals surface area contributed by atoms with E-state index in [0.717, 1.165) is 17.0 Å². The molecule has 14 heavy (non-hydrogen) atoms. The molecule has 1 unspecified atom stereocenters. The second kappa shape index (κ2) is 3.71. The Bertz CT molecular complexity index is 328. The first-order valence-electron chi connectivity index (χ1n) is 4.76. The van der Waals surface area contributed by atoms with E-state index < -0.39 is 5.54 Å². The molecule has 0 amide bonds. The Balaban J connectivity index is 2.97. The molecular formula is C10H19N3O. The molecule has 0 radical (unpaired) electrons. The molecular weight excluding hydrogens is 178 g/mol. The molecule has 4 nitrogen and oxygen atoms in total. The van der Waals surface area contributed by atoms with E-state index in [2.05, 4.69) is 5.10 Å². The molecule has 0 bridgehead atoms. The Kier molecular flexibility index (Phi) is 2.97. The number of aromatic nitrogens is 2. The lowest BCUT2D eigenvalue weighted by molar-refractivity contribution is 0.208. The summed E-state index contributed by atoms with van der Waals surface area (Å²) >= 11 is 0. The van der Waals surface area contributed by atoms with Crippen molar-refractivity contribution in [3.63, 3.8) is 0 Å². The van der Waals surface area contributed by atoms with Gasteiger partial charge < -0.3 is 10.8 Å². The molecule has 0 aliphatic rings. The van der Waals surface area contributed by atoms with Gasteiger partial charge in [0.2, 0.25) is 0 Å². The predicted octanol–water partition coefficient (Wildman–Crippen LogP) is 0.289. The lowest BCUT2D eigenvalue weighted by Gasteiger charge is -2.21. The van der Waals surface area contributed by atoms with Gasteiger partial charge >= 0.3 is 0 Å². The van der Waals surface area contributed by atoms with Crippen LogP contribution in [0.15, 0.2) is 0 Å². The summed E-state index contributed by atoms with van der Waals surface area (Å²) in [5, 5.41) is 13.4. The van der Waals surface area contributed by atoms with Crippen LogP contribution in [0.25, 0.3) is 0 Å². The molecule has 1 rings (SSSR count). The van der Waals surface area contributed by atoms with Crippen molar-refractivity contribution < 1.29 is 5.11 Å². The number of nitrogens with zero attached hydrogens (tertiary/aromatic N) is 2. The summed E-state index contributed by atoms with van der Waals surface area (Å²) < 4.78 is 1.85. The minimum absolute atomic E-state index is 0.0131. The zero-order chi connectivity index (χ0) is 10.9. The lowest BCUT2D eigenvalue weighted by atomic mass is 9.94. The molecule has 0 fully saturated rings. The second-order valence-electron chi connectivity index (χ2n) is 4.26. The second-order valence-corrected chi connectivity index (χ2v) is 4.26. The molecule has 0 spiro atoms. The molecule has 1 atom stereocenters. The average Bonchev–Trinajstić information content (AvgIpc) is 2.32. The van der Waals surface area contributed by atoms with Gasteiger partial charge in [0.1, 0.15) is 0 Å². The standard InChI is InChI=1S/C10H19N3O/c1-7-9(5-10(3,11)6-14)8(2)13(4)12-7/h14H,5-6,11H2,1-4H3. The van der Waals surface area contributed by atoms with Crippen molar-refractivity contribution in [1.82, 2.24) is 9.78 Å². The van der Waals surface area contributed by atoms with Crippen molar-refractivity contribution in [2.75, 3.05) is 6.61 Å². The third-order valence-corrected chi connectivity index (χ3v) is 2.60. The molecule has 1 aromatic heterocycles. The summed E-state index contributed by atoms with van der Waals surface area (Å²) in [6.07, 6.45) is 0.662. The zero-order valence-electron chi connectivity index (χ0n) is 9.33. The number of aryl methyl sites for hydroxylation is 2. The van der Waals surface area contributed by atoms with E-state index in [1.807, 2.05) is 32.5 Å². The van der Waals surface area contributed by atoms with Crippen LogP contribution < -0.4 is 5.73 Å². The molecule has 0 aromatic carbocycles. The van der Waals surface area contributed by atoms with E-state index >= 15 is 0 Å². The first kappa shape index (κ1) is 11.2. The topological polar surface area (TPSA) is 64.1 Å². The van der Waals surface area contributed by atoms with Gasteiger partial charge in [-0.05, 0) is 32.8 Å². The van der Waals surface area contributed by atoms with Crippen LogP contribution in [0.5, 0.6) is 0 Å². The van der Waals surface area contributed by atoms with Gasteiger partial charge in [-0.25, -0.2) is 0 Å². The van der Waals surface area contributed by atoms with Gasteiger partial charge in [0.25, 0.3) is 0 Å². The molecule has 0 saturated carbocycles. The summed E-state index contributed by atoms with van der Waals surface area (Å²) in [4.78, 5) is 0. The minimum atomic E-state index is -0.557. The predicted molar refractivity (Wildman–Crippen MR) is 56.1 cm³/mol. The Hall–Kier alpha value is -0.870. The summed E-state index contributed by atoms with van der Waals surface area (Å²) in [6, 6.07) is 0. The minimum Gasteiger partial charge on any atom is -0.394 e. The van der Waals surface area contributed by atoms with E-state index in [1.54, 1.807) is 0 Å². The third kappa shape index (κ3) is 2.13. The quantitative estimate of drug-likeness (QED) is 0.732. The Morgan fingerprint density at radius 1 is 1.50 bits per heavy atom. The lowest BCUT2D eigenvalue weighted by Crippen LogP contribution is -2.42. The largest absolute Gasteiger partial charge is 0.394 e. The van der Waals surface area contributed by atoms with Gasteiger partial charge in [-0.1, -0.05) is 0 Å². The maximum Gasteiger partial charge on any atom is 0.0629 e. The summed E-state index contributed by atoms with van der Waals surface area (Å²) in [6.45, 7) is 5.82. The molecule has 0 saturated heterocycles. The van der Waals surface area contributed by atoms with Gasteiger partial charge in [0.15, 0.2) is 0 Å². The summed E-state index contributed by atoms with van der Waals surface area (Å²) in [7, 11) is 1.92. The monoisotopic (exact) mass is 197 g/mol. The number of aliphatic hydroxyl groups is 1. The first-order valence-corrected chi connectivity index (χ1v) is 4.76. The number of hydrogen-bond acceptors (Lipinski definition) is 3. The van der Waals surface area contributed by atoms with Crippen molar-refractivity contribution in [3.05, 3.63) is 17.0 Å². The highest BCUT2D eigenvalue weighted by Crippen LogP contribution is 2.17. The molecule has 1 aromatic rings. The zero-order valence-corrected chi connectivity index (χ0v) is 9.33. The van der Waals surface area contributed by atoms with Crippen molar-refractivity contribution >= 4 is 0 Å². The molecule has 80 valence electrons. The van der Waals surface area contributed by atoms with E-state index in [9.17, 15) is 0 Å². The Morgan fingerprint density at radius 3 is 2.43 bits per heavy atom. The third-order valence-electron chi connectivity index (χ3n) is 2.60. The SMILES string of the molecule is Cc1nn(C)c(C)c1CC(C)(N)CO. The number of hydrogen-bond donors (Lipinski definition) is 2. The summed E-state index contributed by atoms with van der Waals surface area (Å²) in [5.41, 5.74) is 8.61. The van der Waals surface area contributed by atoms with Crippen LogP contribution in [-0.2, 0) is 13.5 Å². The number of rotatable bonds is 3. The Morgan fingerprint density at radius 2 is 2.07 bits per heavy atom. The van der Waals surface area contributed by atoms with Gasteiger partial charge in [0.05, 0.1) is 12.3 Å². The maximum atomic E-state index is 9.09. The molecule has 3 N–H and O–H groups in total.